The third-order valence-electron chi connectivity index (χ3n) is 3.40. The van der Waals surface area contributed by atoms with E-state index in [0.717, 1.165) is 6.42 Å². The van der Waals surface area contributed by atoms with E-state index in [4.69, 9.17) is 14.3 Å². The minimum atomic E-state index is -1.02. The standard InChI is InChI=1S/C14H19NO5/c1-4-19-12-6-11(12)13(16)15(3)7-9-5-10(14(17)18)8(2)20-9/h5,11-12H,4,6-7H2,1-3H3,(H,17,18)/t11-,12+/m0/s1. The van der Waals surface area contributed by atoms with Gasteiger partial charge in [0.15, 0.2) is 0 Å². The van der Waals surface area contributed by atoms with Gasteiger partial charge in [-0.05, 0) is 26.3 Å². The quantitative estimate of drug-likeness (QED) is 0.858. The molecule has 110 valence electrons. The van der Waals surface area contributed by atoms with Crippen LogP contribution in [0, 0.1) is 12.8 Å². The molecule has 0 aromatic carbocycles. The molecule has 1 fully saturated rings. The summed E-state index contributed by atoms with van der Waals surface area (Å²) in [6.07, 6.45) is 0.789. The SMILES string of the molecule is CCO[C@@H]1C[C@@H]1C(=O)N(C)Cc1cc(C(=O)O)c(C)o1. The highest BCUT2D eigenvalue weighted by molar-refractivity contribution is 5.88. The third-order valence-corrected chi connectivity index (χ3v) is 3.40. The van der Waals surface area contributed by atoms with Crippen molar-refractivity contribution in [2.75, 3.05) is 13.7 Å². The van der Waals surface area contributed by atoms with Crippen molar-refractivity contribution in [2.45, 2.75) is 32.9 Å². The number of hydrogen-bond donors (Lipinski definition) is 1. The first-order chi connectivity index (χ1) is 9.43. The molecule has 0 saturated heterocycles. The number of aromatic carboxylic acids is 1. The molecule has 6 heteroatoms. The van der Waals surface area contributed by atoms with Crippen LogP contribution in [0.4, 0.5) is 0 Å². The van der Waals surface area contributed by atoms with Crippen molar-refractivity contribution in [1.29, 1.82) is 0 Å². The topological polar surface area (TPSA) is 80.0 Å². The average Bonchev–Trinajstić information content (AvgIpc) is 3.04. The Kier molecular flexibility index (Phi) is 4.13. The highest BCUT2D eigenvalue weighted by atomic mass is 16.5. The second-order valence-electron chi connectivity index (χ2n) is 5.02. The number of amides is 1. The lowest BCUT2D eigenvalue weighted by molar-refractivity contribution is -0.133. The van der Waals surface area contributed by atoms with Crippen molar-refractivity contribution in [2.24, 2.45) is 5.92 Å². The summed E-state index contributed by atoms with van der Waals surface area (Å²) in [6, 6.07) is 1.47. The van der Waals surface area contributed by atoms with Crippen molar-refractivity contribution in [3.8, 4) is 0 Å². The lowest BCUT2D eigenvalue weighted by atomic mass is 10.2. The molecule has 1 N–H and O–H groups in total. The van der Waals surface area contributed by atoms with Crippen LogP contribution in [0.1, 0.15) is 35.2 Å². The van der Waals surface area contributed by atoms with Crippen LogP contribution in [0.15, 0.2) is 10.5 Å². The molecule has 0 spiro atoms. The van der Waals surface area contributed by atoms with Crippen LogP contribution in [0.25, 0.3) is 0 Å². The van der Waals surface area contributed by atoms with Gasteiger partial charge >= 0.3 is 5.97 Å². The summed E-state index contributed by atoms with van der Waals surface area (Å²) in [5, 5.41) is 8.96. The molecule has 1 aliphatic rings. The summed E-state index contributed by atoms with van der Waals surface area (Å²) in [5.41, 5.74) is 0.138. The van der Waals surface area contributed by atoms with E-state index >= 15 is 0 Å². The van der Waals surface area contributed by atoms with Crippen molar-refractivity contribution in [1.82, 2.24) is 4.90 Å². The lowest BCUT2D eigenvalue weighted by Crippen LogP contribution is -2.28. The van der Waals surface area contributed by atoms with E-state index in [1.54, 1.807) is 18.9 Å². The van der Waals surface area contributed by atoms with E-state index in [-0.39, 0.29) is 30.0 Å². The number of carbonyl (C=O) groups is 2. The van der Waals surface area contributed by atoms with Crippen LogP contribution in [-0.2, 0) is 16.1 Å². The van der Waals surface area contributed by atoms with Crippen molar-refractivity contribution in [3.05, 3.63) is 23.2 Å². The van der Waals surface area contributed by atoms with Gasteiger partial charge in [0.25, 0.3) is 0 Å². The van der Waals surface area contributed by atoms with Crippen LogP contribution in [0.3, 0.4) is 0 Å². The van der Waals surface area contributed by atoms with Gasteiger partial charge in [0, 0.05) is 13.7 Å². The second-order valence-corrected chi connectivity index (χ2v) is 5.02. The normalized spacial score (nSPS) is 20.8. The number of carbonyl (C=O) groups excluding carboxylic acids is 1. The molecule has 1 aliphatic carbocycles. The fraction of sp³-hybridized carbons (Fsp3) is 0.571. The summed E-state index contributed by atoms with van der Waals surface area (Å²) >= 11 is 0. The molecule has 0 aliphatic heterocycles. The van der Waals surface area contributed by atoms with Gasteiger partial charge in [-0.25, -0.2) is 4.79 Å². The molecular weight excluding hydrogens is 262 g/mol. The Labute approximate surface area is 117 Å². The second kappa shape index (κ2) is 5.66. The molecule has 1 amide bonds. The van der Waals surface area contributed by atoms with Crippen LogP contribution < -0.4 is 0 Å². The third kappa shape index (κ3) is 3.01. The molecule has 20 heavy (non-hydrogen) atoms. The van der Waals surface area contributed by atoms with Crippen LogP contribution in [0.5, 0.6) is 0 Å². The van der Waals surface area contributed by atoms with E-state index < -0.39 is 5.97 Å². The number of nitrogens with zero attached hydrogens (tertiary/aromatic N) is 1. The first-order valence-electron chi connectivity index (χ1n) is 6.63. The number of carboxylic acid groups (broad SMARTS) is 1. The monoisotopic (exact) mass is 281 g/mol. The van der Waals surface area contributed by atoms with Gasteiger partial charge in [-0.15, -0.1) is 0 Å². The van der Waals surface area contributed by atoms with Crippen molar-refractivity contribution >= 4 is 11.9 Å². The number of furan rings is 1. The zero-order chi connectivity index (χ0) is 14.9. The van der Waals surface area contributed by atoms with Crippen LogP contribution in [-0.4, -0.2) is 41.6 Å². The molecule has 1 saturated carbocycles. The fourth-order valence-corrected chi connectivity index (χ4v) is 2.26. The predicted octanol–water partition coefficient (Wildman–Crippen LogP) is 1.67. The van der Waals surface area contributed by atoms with Crippen molar-refractivity contribution < 1.29 is 23.8 Å². The Hall–Kier alpha value is -1.82. The van der Waals surface area contributed by atoms with Gasteiger partial charge < -0.3 is 19.2 Å². The molecular formula is C14H19NO5. The Balaban J connectivity index is 1.95. The van der Waals surface area contributed by atoms with Crippen LogP contribution in [0.2, 0.25) is 0 Å². The van der Waals surface area contributed by atoms with E-state index in [1.807, 2.05) is 6.92 Å². The van der Waals surface area contributed by atoms with E-state index in [9.17, 15) is 9.59 Å². The maximum Gasteiger partial charge on any atom is 0.339 e. The highest BCUT2D eigenvalue weighted by Crippen LogP contribution is 2.35. The summed E-state index contributed by atoms with van der Waals surface area (Å²) in [6.45, 7) is 4.38. The van der Waals surface area contributed by atoms with Crippen molar-refractivity contribution in [3.63, 3.8) is 0 Å². The molecule has 1 aromatic rings. The van der Waals surface area contributed by atoms with Gasteiger partial charge in [0.05, 0.1) is 18.6 Å². The minimum Gasteiger partial charge on any atom is -0.478 e. The maximum atomic E-state index is 12.1. The number of rotatable bonds is 6. The fourth-order valence-electron chi connectivity index (χ4n) is 2.26. The summed E-state index contributed by atoms with van der Waals surface area (Å²) in [7, 11) is 1.68. The van der Waals surface area contributed by atoms with Gasteiger partial charge in [0.1, 0.15) is 17.1 Å². The Bertz CT molecular complexity index is 522. The zero-order valence-electron chi connectivity index (χ0n) is 11.9. The Morgan fingerprint density at radius 2 is 2.25 bits per heavy atom. The number of carboxylic acids is 1. The van der Waals surface area contributed by atoms with Crippen LogP contribution >= 0.6 is 0 Å². The smallest absolute Gasteiger partial charge is 0.339 e. The molecule has 1 aromatic heterocycles. The van der Waals surface area contributed by atoms with E-state index in [0.29, 0.717) is 18.1 Å². The summed E-state index contributed by atoms with van der Waals surface area (Å²) in [4.78, 5) is 24.6. The van der Waals surface area contributed by atoms with Gasteiger partial charge in [0.2, 0.25) is 5.91 Å². The molecule has 0 unspecified atom stereocenters. The highest BCUT2D eigenvalue weighted by Gasteiger charge is 2.45. The lowest BCUT2D eigenvalue weighted by Gasteiger charge is -2.15. The van der Waals surface area contributed by atoms with Gasteiger partial charge in [-0.2, -0.15) is 0 Å². The zero-order valence-corrected chi connectivity index (χ0v) is 11.9. The number of hydrogen-bond acceptors (Lipinski definition) is 4. The van der Waals surface area contributed by atoms with E-state index in [1.165, 1.54) is 6.07 Å². The molecule has 1 heterocycles. The molecule has 0 bridgehead atoms. The molecule has 2 rings (SSSR count). The first kappa shape index (κ1) is 14.6. The Morgan fingerprint density at radius 1 is 1.55 bits per heavy atom. The minimum absolute atomic E-state index is 0.00868. The number of ether oxygens (including phenoxy) is 1. The van der Waals surface area contributed by atoms with E-state index in [2.05, 4.69) is 0 Å². The molecule has 0 radical (unpaired) electrons. The first-order valence-corrected chi connectivity index (χ1v) is 6.63. The summed E-state index contributed by atoms with van der Waals surface area (Å²) in [5.74, 6) is -0.259. The number of aryl methyl sites for hydroxylation is 1. The van der Waals surface area contributed by atoms with Gasteiger partial charge in [-0.1, -0.05) is 0 Å². The summed E-state index contributed by atoms with van der Waals surface area (Å²) < 4.78 is 10.8. The maximum absolute atomic E-state index is 12.1. The average molecular weight is 281 g/mol. The van der Waals surface area contributed by atoms with Gasteiger partial charge in [-0.3, -0.25) is 4.79 Å². The molecule has 2 atom stereocenters. The predicted molar refractivity (Wildman–Crippen MR) is 70.4 cm³/mol. The Morgan fingerprint density at radius 3 is 2.80 bits per heavy atom. The largest absolute Gasteiger partial charge is 0.478 e. The molecule has 6 nitrogen and oxygen atoms in total.